The molecule has 0 spiro atoms. The van der Waals surface area contributed by atoms with Crippen molar-refractivity contribution in [2.24, 2.45) is 5.73 Å². The normalized spacial score (nSPS) is 12.5. The Morgan fingerprint density at radius 3 is 2.71 bits per heavy atom. The minimum atomic E-state index is -0.131. The zero-order valence-electron chi connectivity index (χ0n) is 11.9. The van der Waals surface area contributed by atoms with Gasteiger partial charge in [0.1, 0.15) is 11.3 Å². The van der Waals surface area contributed by atoms with Crippen LogP contribution >= 0.6 is 11.8 Å². The minimum absolute atomic E-state index is 0.131. The summed E-state index contributed by atoms with van der Waals surface area (Å²) in [6.07, 6.45) is 0. The van der Waals surface area contributed by atoms with Gasteiger partial charge in [0.05, 0.1) is 7.11 Å². The average Bonchev–Trinajstić information content (AvgIpc) is 2.88. The highest BCUT2D eigenvalue weighted by atomic mass is 32.2. The predicted molar refractivity (Wildman–Crippen MR) is 83.7 cm³/mol. The number of nitrogens with two attached hydrogens (primary N) is 1. The van der Waals surface area contributed by atoms with Gasteiger partial charge in [0.25, 0.3) is 5.22 Å². The third-order valence-electron chi connectivity index (χ3n) is 3.17. The SMILES string of the molecule is COc1cccc(Sc2nc3ccccc3o2)c1[C@@H](C)N. The lowest BCUT2D eigenvalue weighted by Gasteiger charge is -2.15. The fourth-order valence-electron chi connectivity index (χ4n) is 2.23. The Balaban J connectivity index is 2.01. The van der Waals surface area contributed by atoms with E-state index in [-0.39, 0.29) is 6.04 Å². The summed E-state index contributed by atoms with van der Waals surface area (Å²) in [5, 5.41) is 0.603. The van der Waals surface area contributed by atoms with Gasteiger partial charge in [0.2, 0.25) is 0 Å². The highest BCUT2D eigenvalue weighted by Gasteiger charge is 2.16. The van der Waals surface area contributed by atoms with E-state index in [1.54, 1.807) is 7.11 Å². The van der Waals surface area contributed by atoms with Crippen molar-refractivity contribution in [2.75, 3.05) is 7.11 Å². The van der Waals surface area contributed by atoms with Gasteiger partial charge in [-0.1, -0.05) is 18.2 Å². The number of nitrogens with zero attached hydrogens (tertiary/aromatic N) is 1. The molecular weight excluding hydrogens is 284 g/mol. The van der Waals surface area contributed by atoms with Gasteiger partial charge in [-0.2, -0.15) is 0 Å². The van der Waals surface area contributed by atoms with E-state index in [2.05, 4.69) is 4.98 Å². The molecule has 4 nitrogen and oxygen atoms in total. The summed E-state index contributed by atoms with van der Waals surface area (Å²) in [7, 11) is 1.65. The molecule has 0 aliphatic rings. The molecule has 1 aromatic heterocycles. The van der Waals surface area contributed by atoms with Gasteiger partial charge < -0.3 is 14.9 Å². The number of fused-ring (bicyclic) bond motifs is 1. The Morgan fingerprint density at radius 1 is 1.19 bits per heavy atom. The first-order valence-corrected chi connectivity index (χ1v) is 7.46. The molecule has 108 valence electrons. The molecule has 0 amide bonds. The molecular formula is C16H16N2O2S. The molecule has 0 saturated heterocycles. The maximum atomic E-state index is 6.08. The van der Waals surface area contributed by atoms with Crippen molar-refractivity contribution in [2.45, 2.75) is 23.1 Å². The van der Waals surface area contributed by atoms with Gasteiger partial charge in [-0.05, 0) is 43.0 Å². The van der Waals surface area contributed by atoms with Crippen LogP contribution in [0.3, 0.4) is 0 Å². The van der Waals surface area contributed by atoms with E-state index in [1.807, 2.05) is 49.4 Å². The first-order chi connectivity index (χ1) is 10.2. The molecule has 0 radical (unpaired) electrons. The topological polar surface area (TPSA) is 61.3 Å². The molecule has 5 heteroatoms. The average molecular weight is 300 g/mol. The standard InChI is InChI=1S/C16H16N2O2S/c1-10(17)15-13(19-2)8-5-9-14(15)21-16-18-11-6-3-4-7-12(11)20-16/h3-10H,17H2,1-2H3/t10-/m1/s1. The van der Waals surface area contributed by atoms with E-state index >= 15 is 0 Å². The molecule has 3 aromatic rings. The molecule has 3 rings (SSSR count). The smallest absolute Gasteiger partial charge is 0.261 e. The van der Waals surface area contributed by atoms with Crippen LogP contribution in [-0.2, 0) is 0 Å². The summed E-state index contributed by atoms with van der Waals surface area (Å²) in [6.45, 7) is 1.94. The molecule has 0 fully saturated rings. The Bertz CT molecular complexity index is 735. The second-order valence-corrected chi connectivity index (χ2v) is 5.70. The van der Waals surface area contributed by atoms with E-state index < -0.39 is 0 Å². The van der Waals surface area contributed by atoms with E-state index in [0.29, 0.717) is 5.22 Å². The number of ether oxygens (including phenoxy) is 1. The van der Waals surface area contributed by atoms with Crippen molar-refractivity contribution in [1.29, 1.82) is 0 Å². The molecule has 0 bridgehead atoms. The maximum absolute atomic E-state index is 6.08. The largest absolute Gasteiger partial charge is 0.496 e. The van der Waals surface area contributed by atoms with Gasteiger partial charge in [0.15, 0.2) is 5.58 Å². The lowest BCUT2D eigenvalue weighted by molar-refractivity contribution is 0.405. The fourth-order valence-corrected chi connectivity index (χ4v) is 3.24. The zero-order valence-corrected chi connectivity index (χ0v) is 12.7. The van der Waals surface area contributed by atoms with Crippen molar-refractivity contribution in [3.63, 3.8) is 0 Å². The molecule has 0 saturated carbocycles. The highest BCUT2D eigenvalue weighted by molar-refractivity contribution is 7.99. The van der Waals surface area contributed by atoms with Crippen LogP contribution in [-0.4, -0.2) is 12.1 Å². The Kier molecular flexibility index (Phi) is 3.86. The summed E-state index contributed by atoms with van der Waals surface area (Å²) in [5.41, 5.74) is 8.68. The van der Waals surface area contributed by atoms with Crippen LogP contribution in [0.15, 0.2) is 57.0 Å². The number of hydrogen-bond donors (Lipinski definition) is 1. The predicted octanol–water partition coefficient (Wildman–Crippen LogP) is 4.01. The number of benzene rings is 2. The summed E-state index contributed by atoms with van der Waals surface area (Å²) < 4.78 is 11.2. The van der Waals surface area contributed by atoms with Gasteiger partial charge >= 0.3 is 0 Å². The summed E-state index contributed by atoms with van der Waals surface area (Å²) in [4.78, 5) is 5.47. The molecule has 0 aliphatic heterocycles. The molecule has 21 heavy (non-hydrogen) atoms. The van der Waals surface area contributed by atoms with E-state index in [9.17, 15) is 0 Å². The molecule has 1 atom stereocenters. The minimum Gasteiger partial charge on any atom is -0.496 e. The highest BCUT2D eigenvalue weighted by Crippen LogP contribution is 2.38. The van der Waals surface area contributed by atoms with Crippen molar-refractivity contribution in [1.82, 2.24) is 4.98 Å². The van der Waals surface area contributed by atoms with Crippen LogP contribution in [0, 0.1) is 0 Å². The second kappa shape index (κ2) is 5.79. The van der Waals surface area contributed by atoms with Crippen LogP contribution in [0.1, 0.15) is 18.5 Å². The lowest BCUT2D eigenvalue weighted by atomic mass is 10.1. The van der Waals surface area contributed by atoms with Crippen molar-refractivity contribution in [3.8, 4) is 5.75 Å². The van der Waals surface area contributed by atoms with Gasteiger partial charge in [-0.3, -0.25) is 0 Å². The number of aromatic nitrogens is 1. The number of para-hydroxylation sites is 2. The summed E-state index contributed by atoms with van der Waals surface area (Å²) in [6, 6.07) is 13.4. The van der Waals surface area contributed by atoms with E-state index in [0.717, 1.165) is 27.3 Å². The lowest BCUT2D eigenvalue weighted by Crippen LogP contribution is -2.08. The van der Waals surface area contributed by atoms with Crippen molar-refractivity contribution < 1.29 is 9.15 Å². The van der Waals surface area contributed by atoms with Crippen molar-refractivity contribution >= 4 is 22.9 Å². The number of oxazole rings is 1. The van der Waals surface area contributed by atoms with Gasteiger partial charge in [-0.15, -0.1) is 0 Å². The summed E-state index contributed by atoms with van der Waals surface area (Å²) in [5.74, 6) is 0.783. The third kappa shape index (κ3) is 2.75. The first kappa shape index (κ1) is 14.0. The molecule has 2 aromatic carbocycles. The molecule has 1 heterocycles. The Labute approximate surface area is 127 Å². The van der Waals surface area contributed by atoms with Crippen molar-refractivity contribution in [3.05, 3.63) is 48.0 Å². The van der Waals surface area contributed by atoms with Crippen LogP contribution in [0.2, 0.25) is 0 Å². The van der Waals surface area contributed by atoms with E-state index in [4.69, 9.17) is 14.9 Å². The monoisotopic (exact) mass is 300 g/mol. The molecule has 0 unspecified atom stereocenters. The molecule has 2 N–H and O–H groups in total. The first-order valence-electron chi connectivity index (χ1n) is 6.65. The maximum Gasteiger partial charge on any atom is 0.261 e. The van der Waals surface area contributed by atoms with Crippen LogP contribution in [0.5, 0.6) is 5.75 Å². The van der Waals surface area contributed by atoms with Crippen LogP contribution < -0.4 is 10.5 Å². The Hall–Kier alpha value is -1.98. The second-order valence-electron chi connectivity index (χ2n) is 4.71. The molecule has 0 aliphatic carbocycles. The number of methoxy groups -OCH3 is 1. The van der Waals surface area contributed by atoms with Gasteiger partial charge in [-0.25, -0.2) is 4.98 Å². The summed E-state index contributed by atoms with van der Waals surface area (Å²) >= 11 is 1.46. The van der Waals surface area contributed by atoms with Crippen LogP contribution in [0.4, 0.5) is 0 Å². The number of hydrogen-bond acceptors (Lipinski definition) is 5. The van der Waals surface area contributed by atoms with Crippen LogP contribution in [0.25, 0.3) is 11.1 Å². The van der Waals surface area contributed by atoms with E-state index in [1.165, 1.54) is 11.8 Å². The zero-order chi connectivity index (χ0) is 14.8. The Morgan fingerprint density at radius 2 is 2.00 bits per heavy atom. The van der Waals surface area contributed by atoms with Gasteiger partial charge in [0, 0.05) is 16.5 Å². The number of rotatable bonds is 4. The quantitative estimate of drug-likeness (QED) is 0.789. The fraction of sp³-hybridized carbons (Fsp3) is 0.188. The third-order valence-corrected chi connectivity index (χ3v) is 4.10.